The van der Waals surface area contributed by atoms with Crippen molar-refractivity contribution < 1.29 is 9.59 Å². The van der Waals surface area contributed by atoms with Gasteiger partial charge in [0.2, 0.25) is 11.8 Å². The van der Waals surface area contributed by atoms with E-state index in [0.717, 1.165) is 10.6 Å². The monoisotopic (exact) mass is 261 g/mol. The second-order valence-electron chi connectivity index (χ2n) is 5.74. The molecule has 100 valence electrons. The number of amides is 2. The number of H-pyrrole nitrogens is 1. The highest BCUT2D eigenvalue weighted by molar-refractivity contribution is 6.18. The number of hydrogen-bond donors (Lipinski definition) is 1. The van der Waals surface area contributed by atoms with Gasteiger partial charge in [-0.2, -0.15) is 0 Å². The third-order valence-corrected chi connectivity index (χ3v) is 3.24. The van der Waals surface area contributed by atoms with Crippen molar-refractivity contribution in [2.24, 2.45) is 0 Å². The van der Waals surface area contributed by atoms with E-state index in [0.29, 0.717) is 5.65 Å². The number of aromatic nitrogens is 4. The minimum Gasteiger partial charge on any atom is -0.293 e. The van der Waals surface area contributed by atoms with Gasteiger partial charge in [0.25, 0.3) is 5.95 Å². The van der Waals surface area contributed by atoms with Crippen LogP contribution in [-0.2, 0) is 15.0 Å². The van der Waals surface area contributed by atoms with Gasteiger partial charge in [0, 0.05) is 30.0 Å². The lowest BCUT2D eigenvalue weighted by molar-refractivity contribution is -0.121. The number of imide groups is 1. The molecule has 1 saturated heterocycles. The van der Waals surface area contributed by atoms with Gasteiger partial charge in [0.05, 0.1) is 0 Å². The Bertz CT molecular complexity index is 660. The van der Waals surface area contributed by atoms with Crippen LogP contribution in [0.15, 0.2) is 6.07 Å². The molecule has 0 aliphatic carbocycles. The van der Waals surface area contributed by atoms with Crippen molar-refractivity contribution in [1.29, 1.82) is 0 Å². The molecule has 0 atom stereocenters. The summed E-state index contributed by atoms with van der Waals surface area (Å²) in [5.41, 5.74) is 1.50. The van der Waals surface area contributed by atoms with Gasteiger partial charge in [-0.05, 0) is 0 Å². The van der Waals surface area contributed by atoms with Crippen molar-refractivity contribution in [3.63, 3.8) is 0 Å². The molecule has 3 heterocycles. The Morgan fingerprint density at radius 1 is 1.16 bits per heavy atom. The quantitative estimate of drug-likeness (QED) is 0.776. The molecule has 7 heteroatoms. The second-order valence-corrected chi connectivity index (χ2v) is 5.74. The van der Waals surface area contributed by atoms with Gasteiger partial charge < -0.3 is 0 Å². The summed E-state index contributed by atoms with van der Waals surface area (Å²) >= 11 is 0. The van der Waals surface area contributed by atoms with Crippen LogP contribution in [0, 0.1) is 0 Å². The van der Waals surface area contributed by atoms with E-state index in [1.54, 1.807) is 4.52 Å². The fourth-order valence-corrected chi connectivity index (χ4v) is 2.10. The summed E-state index contributed by atoms with van der Waals surface area (Å²) in [6.45, 7) is 6.20. The van der Waals surface area contributed by atoms with Crippen LogP contribution in [0.4, 0.5) is 5.95 Å². The fourth-order valence-electron chi connectivity index (χ4n) is 2.10. The van der Waals surface area contributed by atoms with Gasteiger partial charge in [-0.15, -0.1) is 10.2 Å². The molecule has 0 bridgehead atoms. The van der Waals surface area contributed by atoms with Gasteiger partial charge >= 0.3 is 0 Å². The van der Waals surface area contributed by atoms with Crippen molar-refractivity contribution >= 4 is 23.4 Å². The Balaban J connectivity index is 2.12. The second kappa shape index (κ2) is 3.66. The van der Waals surface area contributed by atoms with E-state index in [1.807, 2.05) is 6.07 Å². The fraction of sp³-hybridized carbons (Fsp3) is 0.500. The Labute approximate surface area is 109 Å². The van der Waals surface area contributed by atoms with Crippen LogP contribution < -0.4 is 4.90 Å². The van der Waals surface area contributed by atoms with Crippen LogP contribution in [0.2, 0.25) is 0 Å². The normalized spacial score (nSPS) is 16.9. The number of nitrogens with zero attached hydrogens (tertiary/aromatic N) is 4. The van der Waals surface area contributed by atoms with E-state index in [9.17, 15) is 9.59 Å². The van der Waals surface area contributed by atoms with Crippen LogP contribution in [0.1, 0.15) is 39.3 Å². The minimum absolute atomic E-state index is 0.0724. The lowest BCUT2D eigenvalue weighted by Crippen LogP contribution is -2.30. The van der Waals surface area contributed by atoms with Crippen LogP contribution in [0.25, 0.3) is 5.65 Å². The van der Waals surface area contributed by atoms with E-state index in [1.165, 1.54) is 0 Å². The van der Waals surface area contributed by atoms with Crippen LogP contribution in [0.3, 0.4) is 0 Å². The first-order chi connectivity index (χ1) is 8.88. The van der Waals surface area contributed by atoms with Crippen molar-refractivity contribution in [3.05, 3.63) is 11.8 Å². The molecule has 0 radical (unpaired) electrons. The summed E-state index contributed by atoms with van der Waals surface area (Å²) in [6, 6.07) is 1.88. The van der Waals surface area contributed by atoms with E-state index in [4.69, 9.17) is 0 Å². The molecule has 0 unspecified atom stereocenters. The molecular formula is C12H15N5O2. The first-order valence-corrected chi connectivity index (χ1v) is 6.18. The molecule has 0 saturated carbocycles. The zero-order valence-electron chi connectivity index (χ0n) is 11.1. The molecule has 19 heavy (non-hydrogen) atoms. The summed E-state index contributed by atoms with van der Waals surface area (Å²) in [6.07, 6.45) is 0.473. The molecule has 1 aliphatic rings. The number of nitrogens with one attached hydrogen (secondary N) is 1. The molecule has 1 N–H and O–H groups in total. The predicted molar refractivity (Wildman–Crippen MR) is 67.8 cm³/mol. The van der Waals surface area contributed by atoms with Crippen molar-refractivity contribution in [1.82, 2.24) is 19.8 Å². The molecule has 0 aromatic carbocycles. The molecule has 2 aromatic heterocycles. The summed E-state index contributed by atoms with van der Waals surface area (Å²) < 4.78 is 1.59. The summed E-state index contributed by atoms with van der Waals surface area (Å²) in [5, 5.41) is 11.1. The number of fused-ring (bicyclic) bond motifs is 1. The summed E-state index contributed by atoms with van der Waals surface area (Å²) in [7, 11) is 0. The van der Waals surface area contributed by atoms with Gasteiger partial charge in [-0.1, -0.05) is 20.8 Å². The topological polar surface area (TPSA) is 83.4 Å². The highest BCUT2D eigenvalue weighted by Gasteiger charge is 2.34. The van der Waals surface area contributed by atoms with Gasteiger partial charge in [-0.25, -0.2) is 9.42 Å². The van der Waals surface area contributed by atoms with Gasteiger partial charge in [0.15, 0.2) is 5.65 Å². The van der Waals surface area contributed by atoms with Crippen molar-refractivity contribution in [2.45, 2.75) is 39.0 Å². The third-order valence-electron chi connectivity index (χ3n) is 3.24. The average Bonchev–Trinajstić information content (AvgIpc) is 2.93. The van der Waals surface area contributed by atoms with Gasteiger partial charge in [-0.3, -0.25) is 14.7 Å². The molecule has 0 spiro atoms. The molecule has 7 nitrogen and oxygen atoms in total. The third kappa shape index (κ3) is 1.73. The number of aromatic amines is 1. The number of rotatable bonds is 1. The summed E-state index contributed by atoms with van der Waals surface area (Å²) in [4.78, 5) is 24.6. The van der Waals surface area contributed by atoms with Crippen LogP contribution in [-0.4, -0.2) is 31.6 Å². The van der Waals surface area contributed by atoms with Gasteiger partial charge in [0.1, 0.15) is 0 Å². The predicted octanol–water partition coefficient (Wildman–Crippen LogP) is 1.01. The van der Waals surface area contributed by atoms with Crippen molar-refractivity contribution in [3.8, 4) is 0 Å². The number of hydrogen-bond acceptors (Lipinski definition) is 4. The molecule has 1 fully saturated rings. The lowest BCUT2D eigenvalue weighted by atomic mass is 9.93. The van der Waals surface area contributed by atoms with E-state index in [2.05, 4.69) is 36.1 Å². The maximum Gasteiger partial charge on any atom is 0.260 e. The molecular weight excluding hydrogens is 246 g/mol. The zero-order chi connectivity index (χ0) is 13.8. The maximum atomic E-state index is 11.7. The standard InChI is InChI=1S/C12H15N5O2/c1-12(2,3)7-6-8-13-14-11(17(8)15-7)16-9(18)4-5-10(16)19/h6,15H,4-5H2,1-3H3. The van der Waals surface area contributed by atoms with E-state index < -0.39 is 0 Å². The Morgan fingerprint density at radius 2 is 1.79 bits per heavy atom. The highest BCUT2D eigenvalue weighted by atomic mass is 16.2. The van der Waals surface area contributed by atoms with E-state index >= 15 is 0 Å². The highest BCUT2D eigenvalue weighted by Crippen LogP contribution is 2.25. The Morgan fingerprint density at radius 3 is 2.37 bits per heavy atom. The molecule has 2 aromatic rings. The SMILES string of the molecule is CC(C)(C)c1cc2nnc(N3C(=O)CCC3=O)n2[nH]1. The first-order valence-electron chi connectivity index (χ1n) is 6.18. The van der Waals surface area contributed by atoms with Crippen LogP contribution in [0.5, 0.6) is 0 Å². The van der Waals surface area contributed by atoms with Crippen LogP contribution >= 0.6 is 0 Å². The number of carbonyl (C=O) groups excluding carboxylic acids is 2. The Hall–Kier alpha value is -2.18. The minimum atomic E-state index is -0.230. The van der Waals surface area contributed by atoms with Crippen molar-refractivity contribution in [2.75, 3.05) is 4.90 Å². The zero-order valence-corrected chi connectivity index (χ0v) is 11.1. The molecule has 1 aliphatic heterocycles. The molecule has 2 amide bonds. The lowest BCUT2D eigenvalue weighted by Gasteiger charge is -2.15. The molecule has 3 rings (SSSR count). The Kier molecular flexibility index (Phi) is 2.29. The average molecular weight is 261 g/mol. The largest absolute Gasteiger partial charge is 0.293 e. The number of carbonyl (C=O) groups is 2. The maximum absolute atomic E-state index is 11.7. The smallest absolute Gasteiger partial charge is 0.260 e. The number of anilines is 1. The van der Waals surface area contributed by atoms with E-state index in [-0.39, 0.29) is 36.0 Å². The summed E-state index contributed by atoms with van der Waals surface area (Å²) in [5.74, 6) is -0.213. The first kappa shape index (κ1) is 11.9.